The minimum Gasteiger partial charge on any atom is -0.383 e. The van der Waals surface area contributed by atoms with E-state index in [2.05, 4.69) is 22.2 Å². The third kappa shape index (κ3) is 3.30. The summed E-state index contributed by atoms with van der Waals surface area (Å²) in [6, 6.07) is 0. The smallest absolute Gasteiger partial charge is 0.233 e. The van der Waals surface area contributed by atoms with E-state index >= 15 is 0 Å². The SMILES string of the molecule is CCN(CC(=O)NC)Cc1nc(N)c2c(C)c(C)sc2n1. The molecule has 0 aliphatic heterocycles. The average Bonchev–Trinajstić information content (AvgIpc) is 2.73. The van der Waals surface area contributed by atoms with Crippen LogP contribution in [0.4, 0.5) is 5.82 Å². The number of nitrogens with zero attached hydrogens (tertiary/aromatic N) is 3. The molecule has 114 valence electrons. The Balaban J connectivity index is 2.28. The van der Waals surface area contributed by atoms with Crippen LogP contribution in [0.15, 0.2) is 0 Å². The minimum absolute atomic E-state index is 0.0197. The average molecular weight is 307 g/mol. The fourth-order valence-corrected chi connectivity index (χ4v) is 3.21. The molecule has 3 N–H and O–H groups in total. The highest BCUT2D eigenvalue weighted by atomic mass is 32.1. The van der Waals surface area contributed by atoms with E-state index in [-0.39, 0.29) is 5.91 Å². The Morgan fingerprint density at radius 1 is 1.38 bits per heavy atom. The highest BCUT2D eigenvalue weighted by Crippen LogP contribution is 2.31. The standard InChI is InChI=1S/C14H21N5OS/c1-5-19(7-11(20)16-4)6-10-17-13(15)12-8(2)9(3)21-14(12)18-10/h5-7H2,1-4H3,(H,16,20)(H2,15,17,18). The van der Waals surface area contributed by atoms with Crippen LogP contribution < -0.4 is 11.1 Å². The Morgan fingerprint density at radius 2 is 2.10 bits per heavy atom. The maximum Gasteiger partial charge on any atom is 0.233 e. The number of aromatic nitrogens is 2. The van der Waals surface area contributed by atoms with Crippen molar-refractivity contribution in [2.75, 3.05) is 25.9 Å². The number of fused-ring (bicyclic) bond motifs is 1. The molecule has 2 aromatic rings. The Bertz CT molecular complexity index is 667. The van der Waals surface area contributed by atoms with Gasteiger partial charge in [0.05, 0.1) is 18.5 Å². The van der Waals surface area contributed by atoms with Gasteiger partial charge in [-0.3, -0.25) is 9.69 Å². The van der Waals surface area contributed by atoms with Gasteiger partial charge in [-0.1, -0.05) is 6.92 Å². The molecule has 0 bridgehead atoms. The molecule has 0 saturated heterocycles. The van der Waals surface area contributed by atoms with Gasteiger partial charge in [-0.05, 0) is 26.0 Å². The molecular formula is C14H21N5OS. The van der Waals surface area contributed by atoms with Crippen LogP contribution >= 0.6 is 11.3 Å². The summed E-state index contributed by atoms with van der Waals surface area (Å²) in [5.74, 6) is 1.16. The molecule has 21 heavy (non-hydrogen) atoms. The van der Waals surface area contributed by atoms with Crippen molar-refractivity contribution in [2.45, 2.75) is 27.3 Å². The minimum atomic E-state index is -0.0197. The van der Waals surface area contributed by atoms with E-state index in [1.807, 2.05) is 18.7 Å². The maximum absolute atomic E-state index is 11.5. The van der Waals surface area contributed by atoms with Gasteiger partial charge in [0.25, 0.3) is 0 Å². The number of nitrogens with one attached hydrogen (secondary N) is 1. The summed E-state index contributed by atoms with van der Waals surface area (Å²) < 4.78 is 0. The van der Waals surface area contributed by atoms with E-state index in [1.165, 1.54) is 4.88 Å². The Kier molecular flexibility index (Phi) is 4.74. The van der Waals surface area contributed by atoms with Crippen LogP contribution in [0.25, 0.3) is 10.2 Å². The van der Waals surface area contributed by atoms with Gasteiger partial charge in [-0.25, -0.2) is 9.97 Å². The van der Waals surface area contributed by atoms with Crippen LogP contribution in [-0.2, 0) is 11.3 Å². The van der Waals surface area contributed by atoms with Gasteiger partial charge in [-0.15, -0.1) is 11.3 Å². The van der Waals surface area contributed by atoms with Crippen LogP contribution in [0.5, 0.6) is 0 Å². The van der Waals surface area contributed by atoms with Crippen molar-refractivity contribution < 1.29 is 4.79 Å². The molecule has 2 aromatic heterocycles. The number of likely N-dealkylation sites (N-methyl/N-ethyl adjacent to an activating group) is 2. The molecule has 0 aliphatic carbocycles. The number of hydrogen-bond donors (Lipinski definition) is 2. The second kappa shape index (κ2) is 6.36. The predicted octanol–water partition coefficient (Wildman–Crippen LogP) is 1.46. The number of amides is 1. The molecule has 0 aliphatic rings. The van der Waals surface area contributed by atoms with Gasteiger partial charge >= 0.3 is 0 Å². The summed E-state index contributed by atoms with van der Waals surface area (Å²) in [7, 11) is 1.63. The van der Waals surface area contributed by atoms with Gasteiger partial charge in [-0.2, -0.15) is 0 Å². The first-order valence-electron chi connectivity index (χ1n) is 6.91. The molecule has 6 nitrogen and oxygen atoms in total. The normalized spacial score (nSPS) is 11.3. The summed E-state index contributed by atoms with van der Waals surface area (Å²) in [5.41, 5.74) is 7.22. The first-order valence-corrected chi connectivity index (χ1v) is 7.72. The third-order valence-electron chi connectivity index (χ3n) is 3.56. The van der Waals surface area contributed by atoms with Crippen LogP contribution in [0, 0.1) is 13.8 Å². The molecular weight excluding hydrogens is 286 g/mol. The summed E-state index contributed by atoms with van der Waals surface area (Å²) >= 11 is 1.63. The Morgan fingerprint density at radius 3 is 2.71 bits per heavy atom. The zero-order chi connectivity index (χ0) is 15.6. The molecule has 7 heteroatoms. The number of nitrogens with two attached hydrogens (primary N) is 1. The summed E-state index contributed by atoms with van der Waals surface area (Å²) in [6.07, 6.45) is 0. The first kappa shape index (κ1) is 15.7. The van der Waals surface area contributed by atoms with Crippen molar-refractivity contribution in [1.29, 1.82) is 0 Å². The number of thiophene rings is 1. The van der Waals surface area contributed by atoms with E-state index in [0.29, 0.717) is 24.7 Å². The molecule has 0 fully saturated rings. The fourth-order valence-electron chi connectivity index (χ4n) is 2.16. The second-order valence-corrected chi connectivity index (χ2v) is 6.17. The lowest BCUT2D eigenvalue weighted by molar-refractivity contribution is -0.121. The quantitative estimate of drug-likeness (QED) is 0.873. The van der Waals surface area contributed by atoms with Crippen molar-refractivity contribution in [3.63, 3.8) is 0 Å². The summed E-state index contributed by atoms with van der Waals surface area (Å²) in [4.78, 5) is 24.6. The summed E-state index contributed by atoms with van der Waals surface area (Å²) in [5, 5.41) is 3.58. The van der Waals surface area contributed by atoms with Crippen molar-refractivity contribution in [2.24, 2.45) is 0 Å². The number of nitrogen functional groups attached to an aromatic ring is 1. The third-order valence-corrected chi connectivity index (χ3v) is 4.66. The molecule has 0 spiro atoms. The van der Waals surface area contributed by atoms with Crippen molar-refractivity contribution in [3.05, 3.63) is 16.3 Å². The topological polar surface area (TPSA) is 84.1 Å². The lowest BCUT2D eigenvalue weighted by atomic mass is 10.2. The number of aryl methyl sites for hydroxylation is 2. The predicted molar refractivity (Wildman–Crippen MR) is 86.3 cm³/mol. The van der Waals surface area contributed by atoms with Gasteiger partial charge in [0.1, 0.15) is 16.5 Å². The number of carbonyl (C=O) groups excluding carboxylic acids is 1. The van der Waals surface area contributed by atoms with Gasteiger partial charge in [0, 0.05) is 11.9 Å². The molecule has 0 atom stereocenters. The van der Waals surface area contributed by atoms with Gasteiger partial charge in [0.15, 0.2) is 0 Å². The molecule has 0 saturated carbocycles. The molecule has 0 aromatic carbocycles. The largest absolute Gasteiger partial charge is 0.383 e. The van der Waals surface area contributed by atoms with Gasteiger partial charge < -0.3 is 11.1 Å². The van der Waals surface area contributed by atoms with Crippen molar-refractivity contribution >= 4 is 33.3 Å². The van der Waals surface area contributed by atoms with E-state index < -0.39 is 0 Å². The Hall–Kier alpha value is -1.73. The maximum atomic E-state index is 11.5. The molecule has 2 heterocycles. The number of anilines is 1. The first-order chi connectivity index (χ1) is 9.96. The number of hydrogen-bond acceptors (Lipinski definition) is 6. The number of carbonyl (C=O) groups is 1. The van der Waals surface area contributed by atoms with Crippen molar-refractivity contribution in [1.82, 2.24) is 20.2 Å². The van der Waals surface area contributed by atoms with E-state index in [1.54, 1.807) is 18.4 Å². The monoisotopic (exact) mass is 307 g/mol. The fraction of sp³-hybridized carbons (Fsp3) is 0.500. The second-order valence-electron chi connectivity index (χ2n) is 4.96. The molecule has 2 rings (SSSR count). The summed E-state index contributed by atoms with van der Waals surface area (Å²) in [6.45, 7) is 7.69. The van der Waals surface area contributed by atoms with Crippen LogP contribution in [0.1, 0.15) is 23.2 Å². The van der Waals surface area contributed by atoms with Crippen molar-refractivity contribution in [3.8, 4) is 0 Å². The van der Waals surface area contributed by atoms with Crippen LogP contribution in [0.2, 0.25) is 0 Å². The van der Waals surface area contributed by atoms with Gasteiger partial charge in [0.2, 0.25) is 5.91 Å². The molecule has 1 amide bonds. The lowest BCUT2D eigenvalue weighted by Gasteiger charge is -2.18. The van der Waals surface area contributed by atoms with E-state index in [4.69, 9.17) is 5.73 Å². The zero-order valence-corrected chi connectivity index (χ0v) is 13.7. The molecule has 0 radical (unpaired) electrons. The zero-order valence-electron chi connectivity index (χ0n) is 12.9. The highest BCUT2D eigenvalue weighted by Gasteiger charge is 2.15. The lowest BCUT2D eigenvalue weighted by Crippen LogP contribution is -2.35. The Labute approximate surface area is 128 Å². The van der Waals surface area contributed by atoms with Crippen LogP contribution in [-0.4, -0.2) is 40.9 Å². The number of rotatable bonds is 5. The van der Waals surface area contributed by atoms with E-state index in [0.717, 1.165) is 22.3 Å². The van der Waals surface area contributed by atoms with E-state index in [9.17, 15) is 4.79 Å². The highest BCUT2D eigenvalue weighted by molar-refractivity contribution is 7.18. The van der Waals surface area contributed by atoms with Crippen LogP contribution in [0.3, 0.4) is 0 Å². The molecule has 0 unspecified atom stereocenters.